The van der Waals surface area contributed by atoms with Gasteiger partial charge in [-0.05, 0) is 36.1 Å². The SMILES string of the molecule is COC1(c2ccnc(C#N)c2)[C@@H]2CCC[C@H]1CN(Cc1ccccc1)C2. The van der Waals surface area contributed by atoms with Crippen LogP contribution in [0, 0.1) is 23.2 Å². The summed E-state index contributed by atoms with van der Waals surface area (Å²) < 4.78 is 6.27. The number of fused-ring (bicyclic) bond motifs is 2. The van der Waals surface area contributed by atoms with E-state index in [1.54, 1.807) is 6.20 Å². The molecular formula is C22H25N3O. The van der Waals surface area contributed by atoms with Crippen molar-refractivity contribution in [2.75, 3.05) is 20.2 Å². The lowest BCUT2D eigenvalue weighted by Crippen LogP contribution is -2.58. The standard InChI is InChI=1S/C22H25N3O/c1-26-22(18-10-11-24-21(12-18)13-23)19-8-5-9-20(22)16-25(15-19)14-17-6-3-2-4-7-17/h2-4,6-7,10-12,19-20H,5,8-9,14-16H2,1H3/t19-,20+,22?. The lowest BCUT2D eigenvalue weighted by Gasteiger charge is -2.55. The zero-order chi connectivity index (χ0) is 18.0. The molecule has 1 saturated heterocycles. The lowest BCUT2D eigenvalue weighted by molar-refractivity contribution is -0.170. The fourth-order valence-electron chi connectivity index (χ4n) is 5.15. The van der Waals surface area contributed by atoms with Crippen LogP contribution >= 0.6 is 0 Å². The minimum absolute atomic E-state index is 0.292. The molecule has 4 rings (SSSR count). The Morgan fingerprint density at radius 1 is 1.19 bits per heavy atom. The number of pyridine rings is 1. The molecule has 1 aliphatic carbocycles. The molecule has 4 heteroatoms. The lowest BCUT2D eigenvalue weighted by atomic mass is 9.62. The number of likely N-dealkylation sites (tertiary alicyclic amines) is 1. The molecule has 0 radical (unpaired) electrons. The average molecular weight is 347 g/mol. The number of rotatable bonds is 4. The smallest absolute Gasteiger partial charge is 0.140 e. The molecule has 3 atom stereocenters. The van der Waals surface area contributed by atoms with Crippen LogP contribution in [-0.4, -0.2) is 30.1 Å². The van der Waals surface area contributed by atoms with Gasteiger partial charge in [-0.1, -0.05) is 36.8 Å². The van der Waals surface area contributed by atoms with E-state index in [0.717, 1.165) is 25.2 Å². The number of ether oxygens (including phenoxy) is 1. The highest BCUT2D eigenvalue weighted by Crippen LogP contribution is 2.51. The predicted octanol–water partition coefficient (Wildman–Crippen LogP) is 3.73. The highest BCUT2D eigenvalue weighted by Gasteiger charge is 2.53. The maximum absolute atomic E-state index is 9.26. The maximum Gasteiger partial charge on any atom is 0.140 e. The van der Waals surface area contributed by atoms with Crippen molar-refractivity contribution in [3.05, 3.63) is 65.5 Å². The molecule has 1 aromatic carbocycles. The zero-order valence-corrected chi connectivity index (χ0v) is 15.3. The van der Waals surface area contributed by atoms with Crippen molar-refractivity contribution in [1.29, 1.82) is 5.26 Å². The fraction of sp³-hybridized carbons (Fsp3) is 0.455. The molecule has 2 fully saturated rings. The van der Waals surface area contributed by atoms with Gasteiger partial charge in [-0.3, -0.25) is 4.90 Å². The van der Waals surface area contributed by atoms with Crippen molar-refractivity contribution in [2.24, 2.45) is 11.8 Å². The van der Waals surface area contributed by atoms with Gasteiger partial charge in [0.15, 0.2) is 0 Å². The molecule has 134 valence electrons. The van der Waals surface area contributed by atoms with E-state index in [1.807, 2.05) is 19.2 Å². The third kappa shape index (κ3) is 2.92. The molecule has 0 spiro atoms. The fourth-order valence-corrected chi connectivity index (χ4v) is 5.15. The Balaban J connectivity index is 1.64. The topological polar surface area (TPSA) is 49.1 Å². The van der Waals surface area contributed by atoms with Crippen molar-refractivity contribution in [3.8, 4) is 6.07 Å². The number of nitrogens with zero attached hydrogens (tertiary/aromatic N) is 3. The van der Waals surface area contributed by atoms with E-state index in [0.29, 0.717) is 17.5 Å². The van der Waals surface area contributed by atoms with Gasteiger partial charge in [0.05, 0.1) is 0 Å². The van der Waals surface area contributed by atoms with Gasteiger partial charge in [0.1, 0.15) is 17.4 Å². The summed E-state index contributed by atoms with van der Waals surface area (Å²) in [5.41, 5.74) is 2.68. The Morgan fingerprint density at radius 3 is 2.58 bits per heavy atom. The number of nitriles is 1. The quantitative estimate of drug-likeness (QED) is 0.846. The molecule has 1 aliphatic heterocycles. The first-order valence-electron chi connectivity index (χ1n) is 9.44. The summed E-state index contributed by atoms with van der Waals surface area (Å²) in [4.78, 5) is 6.73. The molecule has 2 aliphatic rings. The van der Waals surface area contributed by atoms with Crippen LogP contribution in [0.15, 0.2) is 48.7 Å². The molecule has 2 aromatic rings. The Morgan fingerprint density at radius 2 is 1.92 bits per heavy atom. The van der Waals surface area contributed by atoms with E-state index in [-0.39, 0.29) is 5.60 Å². The average Bonchev–Trinajstić information content (AvgIpc) is 2.68. The summed E-state index contributed by atoms with van der Waals surface area (Å²) in [6, 6.07) is 16.9. The highest BCUT2D eigenvalue weighted by atomic mass is 16.5. The number of hydrogen-bond acceptors (Lipinski definition) is 4. The minimum atomic E-state index is -0.292. The van der Waals surface area contributed by atoms with E-state index in [4.69, 9.17) is 4.74 Å². The summed E-state index contributed by atoms with van der Waals surface area (Å²) >= 11 is 0. The molecule has 0 N–H and O–H groups in total. The van der Waals surface area contributed by atoms with Crippen molar-refractivity contribution in [3.63, 3.8) is 0 Å². The van der Waals surface area contributed by atoms with Gasteiger partial charge in [-0.25, -0.2) is 4.98 Å². The summed E-state index contributed by atoms with van der Waals surface area (Å²) in [6.07, 6.45) is 5.34. The van der Waals surface area contributed by atoms with Gasteiger partial charge >= 0.3 is 0 Å². The number of aromatic nitrogens is 1. The first-order valence-corrected chi connectivity index (χ1v) is 9.44. The molecule has 1 unspecified atom stereocenters. The summed E-state index contributed by atoms with van der Waals surface area (Å²) in [7, 11) is 1.84. The van der Waals surface area contributed by atoms with Crippen LogP contribution in [0.5, 0.6) is 0 Å². The monoisotopic (exact) mass is 347 g/mol. The normalized spacial score (nSPS) is 28.5. The van der Waals surface area contributed by atoms with Gasteiger partial charge < -0.3 is 4.74 Å². The first-order chi connectivity index (χ1) is 12.8. The number of methoxy groups -OCH3 is 1. The van der Waals surface area contributed by atoms with Crippen LogP contribution in [0.3, 0.4) is 0 Å². The number of hydrogen-bond donors (Lipinski definition) is 0. The van der Waals surface area contributed by atoms with Crippen LogP contribution in [0.1, 0.15) is 36.1 Å². The molecule has 2 bridgehead atoms. The first kappa shape index (κ1) is 17.2. The minimum Gasteiger partial charge on any atom is -0.373 e. The second kappa shape index (κ2) is 7.19. The van der Waals surface area contributed by atoms with Gasteiger partial charge in [-0.2, -0.15) is 5.26 Å². The van der Waals surface area contributed by atoms with Gasteiger partial charge in [0.25, 0.3) is 0 Å². The van der Waals surface area contributed by atoms with Gasteiger partial charge in [-0.15, -0.1) is 0 Å². The van der Waals surface area contributed by atoms with E-state index in [9.17, 15) is 5.26 Å². The summed E-state index contributed by atoms with van der Waals surface area (Å²) in [5.74, 6) is 0.885. The molecule has 0 amide bonds. The molecule has 4 nitrogen and oxygen atoms in total. The van der Waals surface area contributed by atoms with Crippen molar-refractivity contribution in [2.45, 2.75) is 31.4 Å². The maximum atomic E-state index is 9.26. The zero-order valence-electron chi connectivity index (χ0n) is 15.3. The molecule has 1 saturated carbocycles. The van der Waals surface area contributed by atoms with Gasteiger partial charge in [0.2, 0.25) is 0 Å². The highest BCUT2D eigenvalue weighted by molar-refractivity contribution is 5.32. The molecule has 26 heavy (non-hydrogen) atoms. The molecule has 2 heterocycles. The van der Waals surface area contributed by atoms with Crippen molar-refractivity contribution >= 4 is 0 Å². The predicted molar refractivity (Wildman–Crippen MR) is 100 cm³/mol. The molecular weight excluding hydrogens is 322 g/mol. The van der Waals surface area contributed by atoms with Crippen LogP contribution in [0.4, 0.5) is 0 Å². The third-order valence-corrected chi connectivity index (χ3v) is 6.19. The van der Waals surface area contributed by atoms with Crippen LogP contribution in [0.25, 0.3) is 0 Å². The number of benzene rings is 1. The second-order valence-corrected chi connectivity index (χ2v) is 7.54. The second-order valence-electron chi connectivity index (χ2n) is 7.54. The Bertz CT molecular complexity index is 785. The largest absolute Gasteiger partial charge is 0.373 e. The van der Waals surface area contributed by atoms with E-state index in [2.05, 4.69) is 46.3 Å². The Kier molecular flexibility index (Phi) is 4.76. The summed E-state index contributed by atoms with van der Waals surface area (Å²) in [5, 5.41) is 9.26. The van der Waals surface area contributed by atoms with Gasteiger partial charge in [0, 0.05) is 44.8 Å². The van der Waals surface area contributed by atoms with Crippen LogP contribution in [0.2, 0.25) is 0 Å². The number of piperidine rings is 1. The van der Waals surface area contributed by atoms with Crippen molar-refractivity contribution in [1.82, 2.24) is 9.88 Å². The summed E-state index contributed by atoms with van der Waals surface area (Å²) in [6.45, 7) is 3.06. The van der Waals surface area contributed by atoms with Crippen LogP contribution in [-0.2, 0) is 16.9 Å². The Labute approximate surface area is 155 Å². The van der Waals surface area contributed by atoms with Crippen LogP contribution < -0.4 is 0 Å². The van der Waals surface area contributed by atoms with Crippen molar-refractivity contribution < 1.29 is 4.74 Å². The third-order valence-electron chi connectivity index (χ3n) is 6.19. The molecule has 1 aromatic heterocycles. The Hall–Kier alpha value is -2.22. The van der Waals surface area contributed by atoms with E-state index in [1.165, 1.54) is 24.8 Å². The van der Waals surface area contributed by atoms with E-state index < -0.39 is 0 Å². The van der Waals surface area contributed by atoms with E-state index >= 15 is 0 Å².